The molecular weight excluding hydrogens is 418 g/mol. The third kappa shape index (κ3) is 4.23. The number of ether oxygens (including phenoxy) is 1. The summed E-state index contributed by atoms with van der Waals surface area (Å²) < 4.78 is 33.6. The summed E-state index contributed by atoms with van der Waals surface area (Å²) in [4.78, 5) is 18.8. The summed E-state index contributed by atoms with van der Waals surface area (Å²) in [6, 6.07) is 16.3. The molecule has 3 aromatic carbocycles. The van der Waals surface area contributed by atoms with Gasteiger partial charge in [-0.05, 0) is 22.4 Å². The van der Waals surface area contributed by atoms with Crippen LogP contribution < -0.4 is 4.74 Å². The van der Waals surface area contributed by atoms with Gasteiger partial charge in [-0.15, -0.1) is 0 Å². The topological polar surface area (TPSA) is 42.4 Å². The summed E-state index contributed by atoms with van der Waals surface area (Å²) in [5, 5.41) is 2.63. The predicted molar refractivity (Wildman–Crippen MR) is 117 cm³/mol. The third-order valence-electron chi connectivity index (χ3n) is 5.62. The van der Waals surface area contributed by atoms with Crippen LogP contribution >= 0.6 is 11.3 Å². The highest BCUT2D eigenvalue weighted by atomic mass is 32.1. The minimum Gasteiger partial charge on any atom is -0.467 e. The molecule has 0 bridgehead atoms. The molecule has 0 atom stereocenters. The molecular formula is C24H20F2N2O2S. The first kappa shape index (κ1) is 19.9. The van der Waals surface area contributed by atoms with E-state index in [9.17, 15) is 13.6 Å². The van der Waals surface area contributed by atoms with E-state index in [2.05, 4.69) is 23.2 Å². The number of piperidine rings is 1. The molecule has 1 fully saturated rings. The van der Waals surface area contributed by atoms with Crippen molar-refractivity contribution in [2.75, 3.05) is 13.1 Å². The van der Waals surface area contributed by atoms with Gasteiger partial charge in [0.1, 0.15) is 17.4 Å². The zero-order valence-corrected chi connectivity index (χ0v) is 17.5. The number of amides is 1. The smallest absolute Gasteiger partial charge is 0.274 e. The van der Waals surface area contributed by atoms with Gasteiger partial charge in [0.05, 0.1) is 11.1 Å². The van der Waals surface area contributed by atoms with E-state index in [0.717, 1.165) is 33.7 Å². The molecule has 1 aromatic heterocycles. The second-order valence-electron chi connectivity index (χ2n) is 7.77. The van der Waals surface area contributed by atoms with E-state index < -0.39 is 11.6 Å². The van der Waals surface area contributed by atoms with Gasteiger partial charge in [0.15, 0.2) is 5.82 Å². The highest BCUT2D eigenvalue weighted by molar-refractivity contribution is 7.20. The number of carbonyl (C=O) groups excluding carboxylic acids is 1. The van der Waals surface area contributed by atoms with Gasteiger partial charge in [-0.3, -0.25) is 4.79 Å². The van der Waals surface area contributed by atoms with E-state index in [1.54, 1.807) is 0 Å². The lowest BCUT2D eigenvalue weighted by Crippen LogP contribution is -2.42. The summed E-state index contributed by atoms with van der Waals surface area (Å²) in [6.45, 7) is 1.20. The standard InChI is InChI=1S/C24H20F2N2O2S/c25-18-13-20(26)23-21(14-18)31-24(27-23)30-19-7-9-28(10-8-19)22(29)12-15-5-6-16-3-1-2-4-17(16)11-15/h1-6,11,13-14,19H,7-10,12H2. The van der Waals surface area contributed by atoms with Gasteiger partial charge in [-0.25, -0.2) is 8.78 Å². The van der Waals surface area contributed by atoms with Crippen molar-refractivity contribution in [2.24, 2.45) is 0 Å². The van der Waals surface area contributed by atoms with Gasteiger partial charge in [-0.1, -0.05) is 53.8 Å². The van der Waals surface area contributed by atoms with Crippen LogP contribution in [0.15, 0.2) is 54.6 Å². The number of likely N-dealkylation sites (tertiary alicyclic amines) is 1. The molecule has 1 aliphatic heterocycles. The van der Waals surface area contributed by atoms with Crippen LogP contribution in [0.2, 0.25) is 0 Å². The predicted octanol–water partition coefficient (Wildman–Crippen LogP) is 5.34. The number of fused-ring (bicyclic) bond motifs is 2. The van der Waals surface area contributed by atoms with Gasteiger partial charge in [0.2, 0.25) is 5.91 Å². The monoisotopic (exact) mass is 438 g/mol. The molecule has 1 amide bonds. The Balaban J connectivity index is 1.19. The van der Waals surface area contributed by atoms with Crippen molar-refractivity contribution in [3.8, 4) is 5.19 Å². The quantitative estimate of drug-likeness (QED) is 0.432. The molecule has 1 saturated heterocycles. The summed E-state index contributed by atoms with van der Waals surface area (Å²) in [5.41, 5.74) is 1.13. The van der Waals surface area contributed by atoms with Crippen molar-refractivity contribution in [2.45, 2.75) is 25.4 Å². The van der Waals surface area contributed by atoms with Gasteiger partial charge in [0, 0.05) is 32.0 Å². The number of thiazole rings is 1. The molecule has 1 aliphatic rings. The van der Waals surface area contributed by atoms with Crippen LogP contribution in [-0.4, -0.2) is 35.0 Å². The van der Waals surface area contributed by atoms with Gasteiger partial charge in [-0.2, -0.15) is 4.98 Å². The first-order valence-electron chi connectivity index (χ1n) is 10.2. The van der Waals surface area contributed by atoms with Crippen LogP contribution in [0.25, 0.3) is 21.0 Å². The van der Waals surface area contributed by atoms with E-state index in [1.165, 1.54) is 6.07 Å². The molecule has 4 aromatic rings. The lowest BCUT2D eigenvalue weighted by molar-refractivity contribution is -0.132. The molecule has 158 valence electrons. The SMILES string of the molecule is O=C(Cc1ccc2ccccc2c1)N1CCC(Oc2nc3c(F)cc(F)cc3s2)CC1. The Bertz CT molecular complexity index is 1270. The number of carbonyl (C=O) groups is 1. The number of nitrogens with zero attached hydrogens (tertiary/aromatic N) is 2. The molecule has 7 heteroatoms. The molecule has 5 rings (SSSR count). The highest BCUT2D eigenvalue weighted by Gasteiger charge is 2.25. The summed E-state index contributed by atoms with van der Waals surface area (Å²) in [5.74, 6) is -1.21. The molecule has 0 unspecified atom stereocenters. The number of rotatable bonds is 4. The van der Waals surface area contributed by atoms with Crippen LogP contribution in [0.1, 0.15) is 18.4 Å². The minimum absolute atomic E-state index is 0.0989. The minimum atomic E-state index is -0.685. The average Bonchev–Trinajstić information content (AvgIpc) is 3.16. The fourth-order valence-electron chi connectivity index (χ4n) is 3.99. The molecule has 0 N–H and O–H groups in total. The van der Waals surface area contributed by atoms with Crippen molar-refractivity contribution in [3.63, 3.8) is 0 Å². The van der Waals surface area contributed by atoms with Crippen LogP contribution in [0.4, 0.5) is 8.78 Å². The Kier molecular flexibility index (Phi) is 5.28. The Morgan fingerprint density at radius 1 is 1.06 bits per heavy atom. The number of halogens is 2. The molecule has 4 nitrogen and oxygen atoms in total. The average molecular weight is 438 g/mol. The second-order valence-corrected chi connectivity index (χ2v) is 8.76. The van der Waals surface area contributed by atoms with Crippen LogP contribution in [0.5, 0.6) is 5.19 Å². The van der Waals surface area contributed by atoms with Crippen LogP contribution in [0.3, 0.4) is 0 Å². The van der Waals surface area contributed by atoms with Crippen LogP contribution in [-0.2, 0) is 11.2 Å². The zero-order valence-electron chi connectivity index (χ0n) is 16.7. The normalized spacial score (nSPS) is 15.0. The Morgan fingerprint density at radius 2 is 1.84 bits per heavy atom. The number of hydrogen-bond acceptors (Lipinski definition) is 4. The number of benzene rings is 3. The van der Waals surface area contributed by atoms with Gasteiger partial charge in [0.25, 0.3) is 5.19 Å². The fraction of sp³-hybridized carbons (Fsp3) is 0.250. The maximum atomic E-state index is 13.8. The van der Waals surface area contributed by atoms with E-state index in [1.807, 2.05) is 29.2 Å². The Hall–Kier alpha value is -3.06. The maximum Gasteiger partial charge on any atom is 0.274 e. The summed E-state index contributed by atoms with van der Waals surface area (Å²) >= 11 is 1.14. The summed E-state index contributed by atoms with van der Waals surface area (Å²) in [6.07, 6.45) is 1.63. The molecule has 0 radical (unpaired) electrons. The zero-order chi connectivity index (χ0) is 21.4. The first-order chi connectivity index (χ1) is 15.0. The Labute approximate surface area is 182 Å². The van der Waals surface area contributed by atoms with E-state index in [4.69, 9.17) is 4.74 Å². The lowest BCUT2D eigenvalue weighted by Gasteiger charge is -2.31. The van der Waals surface area contributed by atoms with Gasteiger partial charge < -0.3 is 9.64 Å². The first-order valence-corrected chi connectivity index (χ1v) is 11.0. The lowest BCUT2D eigenvalue weighted by atomic mass is 10.0. The highest BCUT2D eigenvalue weighted by Crippen LogP contribution is 2.32. The van der Waals surface area contributed by atoms with Crippen molar-refractivity contribution in [1.82, 2.24) is 9.88 Å². The third-order valence-corrected chi connectivity index (χ3v) is 6.52. The second kappa shape index (κ2) is 8.23. The van der Waals surface area contributed by atoms with Crippen molar-refractivity contribution >= 4 is 38.2 Å². The largest absolute Gasteiger partial charge is 0.467 e. The van der Waals surface area contributed by atoms with E-state index in [-0.39, 0.29) is 17.5 Å². The maximum absolute atomic E-state index is 13.8. The number of hydrogen-bond donors (Lipinski definition) is 0. The van der Waals surface area contributed by atoms with E-state index in [0.29, 0.717) is 42.2 Å². The fourth-order valence-corrected chi connectivity index (χ4v) is 4.91. The molecule has 0 aliphatic carbocycles. The molecule has 0 spiro atoms. The summed E-state index contributed by atoms with van der Waals surface area (Å²) in [7, 11) is 0. The Morgan fingerprint density at radius 3 is 2.65 bits per heavy atom. The number of aromatic nitrogens is 1. The van der Waals surface area contributed by atoms with E-state index >= 15 is 0 Å². The molecule has 2 heterocycles. The van der Waals surface area contributed by atoms with Crippen molar-refractivity contribution in [1.29, 1.82) is 0 Å². The van der Waals surface area contributed by atoms with Crippen molar-refractivity contribution < 1.29 is 18.3 Å². The molecule has 31 heavy (non-hydrogen) atoms. The van der Waals surface area contributed by atoms with Crippen LogP contribution in [0, 0.1) is 11.6 Å². The van der Waals surface area contributed by atoms with Crippen molar-refractivity contribution in [3.05, 3.63) is 71.8 Å². The molecule has 0 saturated carbocycles. The van der Waals surface area contributed by atoms with Gasteiger partial charge >= 0.3 is 0 Å².